The van der Waals surface area contributed by atoms with E-state index in [2.05, 4.69) is 32.6 Å². The van der Waals surface area contributed by atoms with Crippen LogP contribution in [0.15, 0.2) is 11.0 Å². The molecule has 0 saturated carbocycles. The molecular formula is C10H20OS. The van der Waals surface area contributed by atoms with Crippen LogP contribution < -0.4 is 0 Å². The van der Waals surface area contributed by atoms with Gasteiger partial charge in [-0.05, 0) is 30.1 Å². The van der Waals surface area contributed by atoms with Gasteiger partial charge < -0.3 is 4.74 Å². The minimum Gasteiger partial charge on any atom is -0.385 e. The molecule has 0 aromatic rings. The summed E-state index contributed by atoms with van der Waals surface area (Å²) in [5.41, 5.74) is 0. The summed E-state index contributed by atoms with van der Waals surface area (Å²) >= 11 is 4.43. The molecule has 0 aromatic carbocycles. The van der Waals surface area contributed by atoms with Crippen molar-refractivity contribution in [2.45, 2.75) is 33.1 Å². The number of methoxy groups -OCH3 is 1. The van der Waals surface area contributed by atoms with Crippen LogP contribution in [0.2, 0.25) is 0 Å². The van der Waals surface area contributed by atoms with Gasteiger partial charge in [-0.1, -0.05) is 19.9 Å². The lowest BCUT2D eigenvalue weighted by Crippen LogP contribution is -1.97. The van der Waals surface area contributed by atoms with E-state index in [1.165, 1.54) is 11.3 Å². The summed E-state index contributed by atoms with van der Waals surface area (Å²) in [6.07, 6.45) is 5.55. The summed E-state index contributed by atoms with van der Waals surface area (Å²) in [5.74, 6) is 0.587. The van der Waals surface area contributed by atoms with Crippen LogP contribution in [-0.2, 0) is 4.74 Å². The second-order valence-corrected chi connectivity index (χ2v) is 3.59. The van der Waals surface area contributed by atoms with Gasteiger partial charge in [0, 0.05) is 13.7 Å². The summed E-state index contributed by atoms with van der Waals surface area (Å²) in [6.45, 7) is 5.21. The Morgan fingerprint density at radius 3 is 2.75 bits per heavy atom. The lowest BCUT2D eigenvalue weighted by molar-refractivity contribution is 0.190. The zero-order valence-electron chi connectivity index (χ0n) is 8.34. The first kappa shape index (κ1) is 12.0. The molecule has 0 aliphatic carbocycles. The van der Waals surface area contributed by atoms with Crippen molar-refractivity contribution in [1.82, 2.24) is 0 Å². The summed E-state index contributed by atoms with van der Waals surface area (Å²) < 4.78 is 4.99. The maximum absolute atomic E-state index is 4.99. The van der Waals surface area contributed by atoms with Gasteiger partial charge in [0.25, 0.3) is 0 Å². The molecule has 72 valence electrons. The normalized spacial score (nSPS) is 14.8. The second-order valence-electron chi connectivity index (χ2n) is 3.07. The van der Waals surface area contributed by atoms with Crippen molar-refractivity contribution in [3.8, 4) is 0 Å². The summed E-state index contributed by atoms with van der Waals surface area (Å²) in [4.78, 5) is 1.22. The van der Waals surface area contributed by atoms with Gasteiger partial charge in [-0.25, -0.2) is 0 Å². The van der Waals surface area contributed by atoms with E-state index in [0.29, 0.717) is 5.92 Å². The monoisotopic (exact) mass is 188 g/mol. The van der Waals surface area contributed by atoms with Crippen LogP contribution >= 0.6 is 12.6 Å². The molecular weight excluding hydrogens is 168 g/mol. The molecule has 0 spiro atoms. The molecule has 0 saturated heterocycles. The third-order valence-electron chi connectivity index (χ3n) is 1.90. The summed E-state index contributed by atoms with van der Waals surface area (Å²) in [7, 11) is 1.74. The smallest absolute Gasteiger partial charge is 0.0462 e. The molecule has 0 heterocycles. The molecule has 1 nitrogen and oxygen atoms in total. The van der Waals surface area contributed by atoms with E-state index in [9.17, 15) is 0 Å². The summed E-state index contributed by atoms with van der Waals surface area (Å²) in [6, 6.07) is 0. The van der Waals surface area contributed by atoms with Gasteiger partial charge in [-0.3, -0.25) is 0 Å². The quantitative estimate of drug-likeness (QED) is 0.497. The molecule has 0 bridgehead atoms. The average Bonchev–Trinajstić information content (AvgIpc) is 2.05. The van der Waals surface area contributed by atoms with Crippen molar-refractivity contribution in [3.63, 3.8) is 0 Å². The van der Waals surface area contributed by atoms with Crippen LogP contribution in [-0.4, -0.2) is 13.7 Å². The first-order valence-corrected chi connectivity index (χ1v) is 5.05. The number of ether oxygens (including phenoxy) is 1. The fraction of sp³-hybridized carbons (Fsp3) is 0.800. The predicted octanol–water partition coefficient (Wildman–Crippen LogP) is 3.27. The number of rotatable bonds is 6. The highest BCUT2D eigenvalue weighted by Gasteiger charge is 2.03. The molecule has 0 aliphatic rings. The molecule has 0 aromatic heterocycles. The van der Waals surface area contributed by atoms with Gasteiger partial charge in [0.1, 0.15) is 0 Å². The number of hydrogen-bond donors (Lipinski definition) is 1. The van der Waals surface area contributed by atoms with Crippen molar-refractivity contribution in [3.05, 3.63) is 11.0 Å². The molecule has 1 unspecified atom stereocenters. The third kappa shape index (κ3) is 5.67. The molecule has 1 atom stereocenters. The number of thiol groups is 1. The van der Waals surface area contributed by atoms with E-state index in [0.717, 1.165) is 19.4 Å². The van der Waals surface area contributed by atoms with Crippen LogP contribution in [0.5, 0.6) is 0 Å². The Kier molecular flexibility index (Phi) is 7.72. The molecule has 0 radical (unpaired) electrons. The molecule has 0 fully saturated rings. The van der Waals surface area contributed by atoms with Crippen LogP contribution in [0, 0.1) is 5.92 Å². The van der Waals surface area contributed by atoms with Gasteiger partial charge in [0.2, 0.25) is 0 Å². The second kappa shape index (κ2) is 7.69. The maximum Gasteiger partial charge on any atom is 0.0462 e. The number of hydrogen-bond acceptors (Lipinski definition) is 2. The highest BCUT2D eigenvalue weighted by molar-refractivity contribution is 7.84. The Balaban J connectivity index is 3.56. The highest BCUT2D eigenvalue weighted by atomic mass is 32.1. The van der Waals surface area contributed by atoms with E-state index in [4.69, 9.17) is 4.74 Å². The predicted molar refractivity (Wildman–Crippen MR) is 57.6 cm³/mol. The summed E-state index contributed by atoms with van der Waals surface area (Å²) in [5, 5.41) is 0. The molecule has 0 rings (SSSR count). The van der Waals surface area contributed by atoms with Gasteiger partial charge in [-0.2, -0.15) is 0 Å². The standard InChI is InChI=1S/C10H20OS/c1-4-6-10(12)9(2)7-5-8-11-3/h6,9,12H,4-5,7-8H2,1-3H3/b10-6+. The first-order valence-electron chi connectivity index (χ1n) is 4.60. The van der Waals surface area contributed by atoms with Crippen LogP contribution in [0.25, 0.3) is 0 Å². The van der Waals surface area contributed by atoms with Crippen LogP contribution in [0.1, 0.15) is 33.1 Å². The van der Waals surface area contributed by atoms with Crippen molar-refractivity contribution in [2.75, 3.05) is 13.7 Å². The van der Waals surface area contributed by atoms with Gasteiger partial charge >= 0.3 is 0 Å². The average molecular weight is 188 g/mol. The molecule has 0 amide bonds. The van der Waals surface area contributed by atoms with Gasteiger partial charge in [-0.15, -0.1) is 12.6 Å². The first-order chi connectivity index (χ1) is 5.72. The van der Waals surface area contributed by atoms with Gasteiger partial charge in [0.05, 0.1) is 0 Å². The lowest BCUT2D eigenvalue weighted by Gasteiger charge is -2.10. The topological polar surface area (TPSA) is 9.23 Å². The van der Waals surface area contributed by atoms with Crippen molar-refractivity contribution in [1.29, 1.82) is 0 Å². The Bertz CT molecular complexity index is 132. The lowest BCUT2D eigenvalue weighted by atomic mass is 10.0. The Morgan fingerprint density at radius 2 is 2.25 bits per heavy atom. The molecule has 0 N–H and O–H groups in total. The Labute approximate surface area is 81.6 Å². The van der Waals surface area contributed by atoms with E-state index in [1.807, 2.05) is 0 Å². The zero-order valence-corrected chi connectivity index (χ0v) is 9.23. The van der Waals surface area contributed by atoms with Crippen molar-refractivity contribution < 1.29 is 4.74 Å². The van der Waals surface area contributed by atoms with Crippen molar-refractivity contribution in [2.24, 2.45) is 5.92 Å². The minimum atomic E-state index is 0.587. The SMILES string of the molecule is CC/C=C(/S)C(C)CCCOC. The number of allylic oxidation sites excluding steroid dienone is 2. The largest absolute Gasteiger partial charge is 0.385 e. The minimum absolute atomic E-state index is 0.587. The third-order valence-corrected chi connectivity index (χ3v) is 2.53. The van der Waals surface area contributed by atoms with Gasteiger partial charge in [0.15, 0.2) is 0 Å². The molecule has 2 heteroatoms. The Hall–Kier alpha value is 0.0500. The van der Waals surface area contributed by atoms with Crippen LogP contribution in [0.4, 0.5) is 0 Å². The van der Waals surface area contributed by atoms with E-state index in [-0.39, 0.29) is 0 Å². The van der Waals surface area contributed by atoms with Crippen LogP contribution in [0.3, 0.4) is 0 Å². The molecule has 0 aliphatic heterocycles. The fourth-order valence-corrected chi connectivity index (χ4v) is 1.40. The van der Waals surface area contributed by atoms with E-state index in [1.54, 1.807) is 7.11 Å². The Morgan fingerprint density at radius 1 is 1.58 bits per heavy atom. The highest BCUT2D eigenvalue weighted by Crippen LogP contribution is 2.19. The maximum atomic E-state index is 4.99. The fourth-order valence-electron chi connectivity index (χ4n) is 1.09. The van der Waals surface area contributed by atoms with E-state index < -0.39 is 0 Å². The molecule has 12 heavy (non-hydrogen) atoms. The van der Waals surface area contributed by atoms with E-state index >= 15 is 0 Å². The zero-order chi connectivity index (χ0) is 9.40. The van der Waals surface area contributed by atoms with Crippen molar-refractivity contribution >= 4 is 12.6 Å².